The molecule has 0 heterocycles. The van der Waals surface area contributed by atoms with Gasteiger partial charge in [0, 0.05) is 12.6 Å². The minimum Gasteiger partial charge on any atom is -0.484 e. The van der Waals surface area contributed by atoms with E-state index < -0.39 is 0 Å². The fourth-order valence-corrected chi connectivity index (χ4v) is 2.73. The van der Waals surface area contributed by atoms with Gasteiger partial charge in [-0.05, 0) is 55.7 Å². The van der Waals surface area contributed by atoms with Crippen LogP contribution in [-0.2, 0) is 11.2 Å². The van der Waals surface area contributed by atoms with E-state index in [1.165, 1.54) is 5.56 Å². The highest BCUT2D eigenvalue weighted by Crippen LogP contribution is 2.23. The minimum absolute atomic E-state index is 0.0609. The first-order valence-electron chi connectivity index (χ1n) is 7.83. The minimum atomic E-state index is -0.0676. The van der Waals surface area contributed by atoms with Crippen LogP contribution in [0.3, 0.4) is 0 Å². The molecule has 0 spiro atoms. The van der Waals surface area contributed by atoms with Crippen molar-refractivity contribution in [3.8, 4) is 5.75 Å². The Morgan fingerprint density at radius 3 is 2.48 bits per heavy atom. The Morgan fingerprint density at radius 2 is 1.90 bits per heavy atom. The highest BCUT2D eigenvalue weighted by Gasteiger charge is 2.21. The van der Waals surface area contributed by atoms with E-state index >= 15 is 0 Å². The van der Waals surface area contributed by atoms with Crippen LogP contribution in [0.25, 0.3) is 0 Å². The van der Waals surface area contributed by atoms with E-state index in [0.29, 0.717) is 5.92 Å². The summed E-state index contributed by atoms with van der Waals surface area (Å²) in [6, 6.07) is 8.07. The topological polar surface area (TPSA) is 58.6 Å². The van der Waals surface area contributed by atoms with Gasteiger partial charge in [0.25, 0.3) is 5.91 Å². The van der Waals surface area contributed by atoms with E-state index in [9.17, 15) is 4.79 Å². The fourth-order valence-electron chi connectivity index (χ4n) is 2.73. The Balaban J connectivity index is 1.69. The summed E-state index contributed by atoms with van der Waals surface area (Å²) < 4.78 is 5.50. The number of aliphatic hydroxyl groups excluding tert-OH is 1. The average Bonchev–Trinajstić information content (AvgIpc) is 2.54. The normalized spacial score (nSPS) is 21.8. The molecule has 0 radical (unpaired) electrons. The van der Waals surface area contributed by atoms with Gasteiger partial charge in [0.2, 0.25) is 0 Å². The largest absolute Gasteiger partial charge is 0.484 e. The number of carbonyl (C=O) groups excluding carboxylic acids is 1. The Labute approximate surface area is 126 Å². The lowest BCUT2D eigenvalue weighted by atomic mass is 9.86. The van der Waals surface area contributed by atoms with E-state index in [-0.39, 0.29) is 25.2 Å². The SMILES string of the molecule is CCc1ccc(OCC(=O)NC2CCC(CO)CC2)cc1. The summed E-state index contributed by atoms with van der Waals surface area (Å²) in [6.45, 7) is 2.43. The summed E-state index contributed by atoms with van der Waals surface area (Å²) in [5, 5.41) is 12.1. The molecule has 2 N–H and O–H groups in total. The van der Waals surface area contributed by atoms with Crippen LogP contribution in [0.4, 0.5) is 0 Å². The molecule has 116 valence electrons. The number of hydrogen-bond acceptors (Lipinski definition) is 3. The third-order valence-corrected chi connectivity index (χ3v) is 4.17. The van der Waals surface area contributed by atoms with Crippen LogP contribution in [0.2, 0.25) is 0 Å². The highest BCUT2D eigenvalue weighted by molar-refractivity contribution is 5.77. The molecular formula is C17H25NO3. The molecule has 1 aromatic carbocycles. The van der Waals surface area contributed by atoms with E-state index in [4.69, 9.17) is 9.84 Å². The molecule has 1 amide bonds. The molecule has 1 aromatic rings. The fraction of sp³-hybridized carbons (Fsp3) is 0.588. The van der Waals surface area contributed by atoms with Gasteiger partial charge in [-0.1, -0.05) is 19.1 Å². The standard InChI is InChI=1S/C17H25NO3/c1-2-13-5-9-16(10-6-13)21-12-17(20)18-15-7-3-14(11-19)4-8-15/h5-6,9-10,14-15,19H,2-4,7-8,11-12H2,1H3,(H,18,20). The molecule has 4 heteroatoms. The number of aryl methyl sites for hydroxylation is 1. The second kappa shape index (κ2) is 8.03. The molecule has 1 aliphatic carbocycles. The monoisotopic (exact) mass is 291 g/mol. The Kier molecular flexibility index (Phi) is 6.05. The summed E-state index contributed by atoms with van der Waals surface area (Å²) in [4.78, 5) is 11.9. The van der Waals surface area contributed by atoms with Crippen LogP contribution in [0.1, 0.15) is 38.2 Å². The van der Waals surface area contributed by atoms with Crippen molar-refractivity contribution in [1.29, 1.82) is 0 Å². The molecule has 0 unspecified atom stereocenters. The van der Waals surface area contributed by atoms with Gasteiger partial charge in [0.05, 0.1) is 0 Å². The summed E-state index contributed by atoms with van der Waals surface area (Å²) in [5.74, 6) is 1.07. The Bertz CT molecular complexity index is 436. The maximum Gasteiger partial charge on any atom is 0.258 e. The number of benzene rings is 1. The zero-order valence-electron chi connectivity index (χ0n) is 12.7. The van der Waals surface area contributed by atoms with Crippen molar-refractivity contribution in [2.75, 3.05) is 13.2 Å². The van der Waals surface area contributed by atoms with Crippen molar-refractivity contribution in [3.05, 3.63) is 29.8 Å². The van der Waals surface area contributed by atoms with Crippen molar-refractivity contribution >= 4 is 5.91 Å². The molecule has 0 saturated heterocycles. The lowest BCUT2D eigenvalue weighted by Gasteiger charge is -2.27. The van der Waals surface area contributed by atoms with E-state index in [2.05, 4.69) is 12.2 Å². The molecule has 1 aliphatic rings. The number of carbonyl (C=O) groups is 1. The first-order valence-corrected chi connectivity index (χ1v) is 7.83. The zero-order valence-corrected chi connectivity index (χ0v) is 12.7. The molecule has 0 atom stereocenters. The third kappa shape index (κ3) is 5.05. The average molecular weight is 291 g/mol. The smallest absolute Gasteiger partial charge is 0.258 e. The predicted molar refractivity (Wildman–Crippen MR) is 82.3 cm³/mol. The quantitative estimate of drug-likeness (QED) is 0.845. The maximum atomic E-state index is 11.9. The molecule has 4 nitrogen and oxygen atoms in total. The molecule has 0 bridgehead atoms. The first kappa shape index (κ1) is 15.8. The molecule has 1 fully saturated rings. The van der Waals surface area contributed by atoms with Gasteiger partial charge >= 0.3 is 0 Å². The number of amides is 1. The lowest BCUT2D eigenvalue weighted by Crippen LogP contribution is -2.40. The van der Waals surface area contributed by atoms with Crippen molar-refractivity contribution in [2.24, 2.45) is 5.92 Å². The van der Waals surface area contributed by atoms with Gasteiger partial charge < -0.3 is 15.2 Å². The number of nitrogens with one attached hydrogen (secondary N) is 1. The van der Waals surface area contributed by atoms with Crippen molar-refractivity contribution in [1.82, 2.24) is 5.32 Å². The Hall–Kier alpha value is -1.55. The van der Waals surface area contributed by atoms with Gasteiger partial charge in [-0.3, -0.25) is 4.79 Å². The van der Waals surface area contributed by atoms with Gasteiger partial charge in [-0.2, -0.15) is 0 Å². The molecule has 0 aromatic heterocycles. The first-order chi connectivity index (χ1) is 10.2. The van der Waals surface area contributed by atoms with E-state index in [0.717, 1.165) is 37.9 Å². The van der Waals surface area contributed by atoms with Crippen LogP contribution in [0, 0.1) is 5.92 Å². The summed E-state index contributed by atoms with van der Waals surface area (Å²) in [6.07, 6.45) is 4.86. The van der Waals surface area contributed by atoms with Gasteiger partial charge in [-0.25, -0.2) is 0 Å². The summed E-state index contributed by atoms with van der Waals surface area (Å²) >= 11 is 0. The van der Waals surface area contributed by atoms with Crippen molar-refractivity contribution < 1.29 is 14.6 Å². The number of rotatable bonds is 6. The summed E-state index contributed by atoms with van der Waals surface area (Å²) in [7, 11) is 0. The van der Waals surface area contributed by atoms with Crippen LogP contribution in [0.15, 0.2) is 24.3 Å². The summed E-state index contributed by atoms with van der Waals surface area (Å²) in [5.41, 5.74) is 1.26. The van der Waals surface area contributed by atoms with Crippen LogP contribution >= 0.6 is 0 Å². The number of hydrogen-bond donors (Lipinski definition) is 2. The van der Waals surface area contributed by atoms with E-state index in [1.807, 2.05) is 24.3 Å². The second-order valence-electron chi connectivity index (χ2n) is 5.75. The molecule has 2 rings (SSSR count). The van der Waals surface area contributed by atoms with Gasteiger partial charge in [0.15, 0.2) is 6.61 Å². The highest BCUT2D eigenvalue weighted by atomic mass is 16.5. The second-order valence-corrected chi connectivity index (χ2v) is 5.75. The number of aliphatic hydroxyl groups is 1. The molecule has 1 saturated carbocycles. The van der Waals surface area contributed by atoms with Crippen LogP contribution in [-0.4, -0.2) is 30.3 Å². The maximum absolute atomic E-state index is 11.9. The van der Waals surface area contributed by atoms with Gasteiger partial charge in [0.1, 0.15) is 5.75 Å². The molecular weight excluding hydrogens is 266 g/mol. The lowest BCUT2D eigenvalue weighted by molar-refractivity contribution is -0.124. The van der Waals surface area contributed by atoms with Gasteiger partial charge in [-0.15, -0.1) is 0 Å². The van der Waals surface area contributed by atoms with Crippen LogP contribution < -0.4 is 10.1 Å². The van der Waals surface area contributed by atoms with Crippen LogP contribution in [0.5, 0.6) is 5.75 Å². The molecule has 21 heavy (non-hydrogen) atoms. The van der Waals surface area contributed by atoms with E-state index in [1.54, 1.807) is 0 Å². The molecule has 0 aliphatic heterocycles. The number of ether oxygens (including phenoxy) is 1. The predicted octanol–water partition coefficient (Wildman–Crippen LogP) is 2.30. The van der Waals surface area contributed by atoms with Crippen molar-refractivity contribution in [3.63, 3.8) is 0 Å². The Morgan fingerprint density at radius 1 is 1.24 bits per heavy atom. The van der Waals surface area contributed by atoms with Crippen molar-refractivity contribution in [2.45, 2.75) is 45.1 Å². The third-order valence-electron chi connectivity index (χ3n) is 4.17. The zero-order chi connectivity index (χ0) is 15.1.